The molecular weight excluding hydrogens is 548 g/mol. The van der Waals surface area contributed by atoms with Gasteiger partial charge in [-0.15, -0.1) is 23.1 Å². The number of H-pyrrole nitrogens is 2. The van der Waals surface area contributed by atoms with Crippen LogP contribution in [0.25, 0.3) is 18.2 Å². The molecule has 4 heterocycles. The number of rotatable bonds is 11. The Hall–Kier alpha value is -4.60. The van der Waals surface area contributed by atoms with Gasteiger partial charge in [0.05, 0.1) is 0 Å². The normalized spacial score (nSPS) is 22.1. The van der Waals surface area contributed by atoms with Crippen molar-refractivity contribution in [3.8, 4) is 0 Å². The average molecular weight is 589 g/mol. The van der Waals surface area contributed by atoms with Crippen LogP contribution >= 0.6 is 0 Å². The van der Waals surface area contributed by atoms with Gasteiger partial charge in [-0.1, -0.05) is 68.9 Å². The molecule has 0 aromatic carbocycles. The van der Waals surface area contributed by atoms with Crippen LogP contribution in [0.4, 0.5) is 0 Å². The Kier molecular flexibility index (Phi) is 9.27. The molecule has 2 aliphatic heterocycles. The molecule has 10 nitrogen and oxygen atoms in total. The Labute approximate surface area is 250 Å². The zero-order valence-electron chi connectivity index (χ0n) is 25.3. The predicted octanol–water partition coefficient (Wildman–Crippen LogP) is 2.67. The predicted molar refractivity (Wildman–Crippen MR) is 165 cm³/mol. The summed E-state index contributed by atoms with van der Waals surface area (Å²) in [7, 11) is 0. The molecule has 43 heavy (non-hydrogen) atoms. The van der Waals surface area contributed by atoms with Crippen molar-refractivity contribution in [2.45, 2.75) is 72.8 Å². The van der Waals surface area contributed by atoms with Crippen LogP contribution in [-0.4, -0.2) is 44.1 Å². The molecule has 6 N–H and O–H groups in total. The highest BCUT2D eigenvalue weighted by atomic mass is 16.4. The topological polar surface area (TPSA) is 164 Å². The van der Waals surface area contributed by atoms with Gasteiger partial charge in [0.25, 0.3) is 0 Å². The van der Waals surface area contributed by atoms with Gasteiger partial charge in [-0.25, -0.2) is 0 Å². The number of hydrogen-bond acceptors (Lipinski definition) is 5. The maximum absolute atomic E-state index is 12.4. The van der Waals surface area contributed by atoms with E-state index in [9.17, 15) is 29.4 Å². The molecule has 1 unspecified atom stereocenters. The second-order valence-electron chi connectivity index (χ2n) is 11.4. The van der Waals surface area contributed by atoms with Crippen molar-refractivity contribution >= 4 is 36.1 Å². The first-order chi connectivity index (χ1) is 20.4. The number of carboxylic acid groups (broad SMARTS) is 2. The van der Waals surface area contributed by atoms with Gasteiger partial charge < -0.3 is 30.8 Å². The van der Waals surface area contributed by atoms with E-state index in [2.05, 4.69) is 34.1 Å². The van der Waals surface area contributed by atoms with E-state index >= 15 is 0 Å². The van der Waals surface area contributed by atoms with Crippen LogP contribution in [0.2, 0.25) is 0 Å². The van der Waals surface area contributed by atoms with Crippen LogP contribution in [-0.2, 0) is 20.8 Å². The van der Waals surface area contributed by atoms with E-state index in [4.69, 9.17) is 0 Å². The van der Waals surface area contributed by atoms with Gasteiger partial charge in [-0.2, -0.15) is 12.7 Å². The van der Waals surface area contributed by atoms with Gasteiger partial charge in [-0.3, -0.25) is 19.2 Å². The SMILES string of the molecule is C=C[c-]1c(C)c(/C=c2/[nH]/c(=C\C3=C(CCC(=O)O)[C-](C)/C(=C/C4NC(=O)[C@H](C)[C@H]4CC)N3)c(CCC(=O)O)c2C)[nH]c1=O. The quantitative estimate of drug-likeness (QED) is 0.220. The zero-order chi connectivity index (χ0) is 31.6. The molecule has 230 valence electrons. The minimum Gasteiger partial charge on any atom is -0.481 e. The van der Waals surface area contributed by atoms with Crippen molar-refractivity contribution in [2.24, 2.45) is 11.8 Å². The summed E-state index contributed by atoms with van der Waals surface area (Å²) in [6, 6.07) is -0.152. The first kappa shape index (κ1) is 31.3. The summed E-state index contributed by atoms with van der Waals surface area (Å²) < 4.78 is 0. The standard InChI is InChI=1S/C33H40N4O6/c1-7-20-19(6)32(42)37-27(20)14-25-18(5)23(10-12-31(40)41)29(35-25)15-28-22(9-11-30(38)39)17(4)24(34-28)13-26-16(3)21(8-2)33(43)36-26/h8,13-15,19-20,27,34-35H,2,7,9-12H2,1,3-6H3,(H,36,43)(H,37,42)(H,38,39)(H,40,41)/q-2/b24-13+,25-14-,28-15-/t19-,20-,27?/m1/s1. The maximum atomic E-state index is 12.4. The summed E-state index contributed by atoms with van der Waals surface area (Å²) in [4.78, 5) is 54.0. The molecule has 0 bridgehead atoms. The van der Waals surface area contributed by atoms with E-state index < -0.39 is 11.9 Å². The molecule has 2 aliphatic rings. The number of hydrogen-bond donors (Lipinski definition) is 6. The molecule has 10 heteroatoms. The summed E-state index contributed by atoms with van der Waals surface area (Å²) in [6.45, 7) is 13.4. The number of aliphatic carboxylic acids is 2. The van der Waals surface area contributed by atoms with E-state index in [-0.39, 0.29) is 48.6 Å². The van der Waals surface area contributed by atoms with Gasteiger partial charge in [0.15, 0.2) is 5.56 Å². The molecule has 1 fully saturated rings. The number of nitrogens with one attached hydrogen (secondary N) is 4. The fraction of sp³-hybridized carbons (Fsp3) is 0.394. The number of carbonyl (C=O) groups is 3. The lowest BCUT2D eigenvalue weighted by Gasteiger charge is -2.24. The molecule has 0 saturated carbocycles. The number of aromatic amines is 2. The second kappa shape index (κ2) is 12.7. The Morgan fingerprint density at radius 3 is 2.30 bits per heavy atom. The lowest BCUT2D eigenvalue weighted by atomic mass is 9.87. The molecule has 4 rings (SSSR count). The van der Waals surface area contributed by atoms with E-state index in [0.29, 0.717) is 28.7 Å². The Morgan fingerprint density at radius 1 is 1.02 bits per heavy atom. The summed E-state index contributed by atoms with van der Waals surface area (Å²) >= 11 is 0. The molecule has 2 aromatic rings. The lowest BCUT2D eigenvalue weighted by Crippen LogP contribution is -2.28. The molecule has 0 radical (unpaired) electrons. The van der Waals surface area contributed by atoms with E-state index in [0.717, 1.165) is 45.6 Å². The second-order valence-corrected chi connectivity index (χ2v) is 11.4. The smallest absolute Gasteiger partial charge is 0.303 e. The van der Waals surface area contributed by atoms with Gasteiger partial charge in [0, 0.05) is 35.5 Å². The lowest BCUT2D eigenvalue weighted by molar-refractivity contribution is -0.138. The van der Waals surface area contributed by atoms with Gasteiger partial charge in [0.1, 0.15) is 0 Å². The first-order valence-electron chi connectivity index (χ1n) is 14.6. The van der Waals surface area contributed by atoms with Crippen LogP contribution in [0.3, 0.4) is 0 Å². The Balaban J connectivity index is 1.84. The third kappa shape index (κ3) is 6.43. The summed E-state index contributed by atoms with van der Waals surface area (Å²) in [5, 5.41) is 26.8. The van der Waals surface area contributed by atoms with E-state index in [1.807, 2.05) is 45.9 Å². The number of amides is 1. The average Bonchev–Trinajstić information content (AvgIpc) is 3.59. The summed E-state index contributed by atoms with van der Waals surface area (Å²) in [6.07, 6.45) is 8.54. The summed E-state index contributed by atoms with van der Waals surface area (Å²) in [5.74, 6) is -0.865. The monoisotopic (exact) mass is 588 g/mol. The van der Waals surface area contributed by atoms with Crippen LogP contribution in [0.1, 0.15) is 74.4 Å². The molecule has 2 aromatic heterocycles. The van der Waals surface area contributed by atoms with Gasteiger partial charge in [-0.05, 0) is 36.8 Å². The van der Waals surface area contributed by atoms with E-state index in [1.165, 1.54) is 6.08 Å². The third-order valence-electron chi connectivity index (χ3n) is 8.81. The summed E-state index contributed by atoms with van der Waals surface area (Å²) in [5.41, 5.74) is 5.70. The first-order valence-corrected chi connectivity index (χ1v) is 14.6. The number of aromatic nitrogens is 2. The number of carboxylic acids is 2. The maximum Gasteiger partial charge on any atom is 0.303 e. The molecule has 0 aliphatic carbocycles. The van der Waals surface area contributed by atoms with Crippen molar-refractivity contribution in [3.05, 3.63) is 84.5 Å². The number of allylic oxidation sites excluding steroid dienone is 2. The highest BCUT2D eigenvalue weighted by Crippen LogP contribution is 2.36. The minimum absolute atomic E-state index is 0.0190. The molecule has 1 saturated heterocycles. The van der Waals surface area contributed by atoms with Crippen LogP contribution < -0.4 is 26.9 Å². The largest absolute Gasteiger partial charge is 0.481 e. The fourth-order valence-electron chi connectivity index (χ4n) is 6.16. The van der Waals surface area contributed by atoms with Crippen molar-refractivity contribution in [2.75, 3.05) is 0 Å². The van der Waals surface area contributed by atoms with Crippen molar-refractivity contribution in [1.29, 1.82) is 0 Å². The van der Waals surface area contributed by atoms with Crippen LogP contribution in [0, 0.1) is 31.6 Å². The molecule has 3 atom stereocenters. The number of carbonyl (C=O) groups excluding carboxylic acids is 1. The Bertz CT molecular complexity index is 1700. The highest BCUT2D eigenvalue weighted by Gasteiger charge is 2.35. The highest BCUT2D eigenvalue weighted by molar-refractivity contribution is 5.82. The van der Waals surface area contributed by atoms with Gasteiger partial charge >= 0.3 is 11.9 Å². The van der Waals surface area contributed by atoms with Gasteiger partial charge in [0.2, 0.25) is 5.91 Å². The molecular formula is C33H40N4O6-2. The van der Waals surface area contributed by atoms with Crippen LogP contribution in [0.15, 0.2) is 34.4 Å². The fourth-order valence-corrected chi connectivity index (χ4v) is 6.16. The Morgan fingerprint density at radius 2 is 1.70 bits per heavy atom. The van der Waals surface area contributed by atoms with Crippen molar-refractivity contribution in [1.82, 2.24) is 20.6 Å². The van der Waals surface area contributed by atoms with Crippen molar-refractivity contribution in [3.63, 3.8) is 0 Å². The molecule has 0 spiro atoms. The third-order valence-corrected chi connectivity index (χ3v) is 8.81. The molecule has 1 amide bonds. The van der Waals surface area contributed by atoms with Crippen molar-refractivity contribution < 1.29 is 24.6 Å². The van der Waals surface area contributed by atoms with Crippen LogP contribution in [0.5, 0.6) is 0 Å². The minimum atomic E-state index is -0.919. The zero-order valence-corrected chi connectivity index (χ0v) is 25.3. The van der Waals surface area contributed by atoms with E-state index in [1.54, 1.807) is 0 Å².